The van der Waals surface area contributed by atoms with Gasteiger partial charge in [0, 0.05) is 6.54 Å². The zero-order chi connectivity index (χ0) is 16.1. The van der Waals surface area contributed by atoms with Gasteiger partial charge in [-0.1, -0.05) is 0 Å². The van der Waals surface area contributed by atoms with Crippen LogP contribution in [-0.2, 0) is 28.5 Å². The lowest BCUT2D eigenvalue weighted by molar-refractivity contribution is -0.263. The monoisotopic (exact) mass is 324 g/mol. The zero-order valence-corrected chi connectivity index (χ0v) is 13.5. The van der Waals surface area contributed by atoms with Gasteiger partial charge in [-0.05, 0) is 27.7 Å². The molecule has 0 aromatic rings. The Bertz CT molecular complexity index is 428. The molecular formula is C11H21N2O7P. The van der Waals surface area contributed by atoms with Crippen LogP contribution in [0.25, 0.3) is 0 Å². The summed E-state index contributed by atoms with van der Waals surface area (Å²) in [6, 6.07) is -0.552. The Hall–Kier alpha value is -0.990. The fourth-order valence-corrected chi connectivity index (χ4v) is 2.75. The van der Waals surface area contributed by atoms with Gasteiger partial charge in [0.1, 0.15) is 5.54 Å². The van der Waals surface area contributed by atoms with Crippen LogP contribution >= 0.6 is 7.60 Å². The van der Waals surface area contributed by atoms with Crippen molar-refractivity contribution in [1.82, 2.24) is 10.2 Å². The molecular weight excluding hydrogens is 303 g/mol. The number of hydrogen-bond acceptors (Lipinski definition) is 7. The van der Waals surface area contributed by atoms with Gasteiger partial charge in [-0.2, -0.15) is 0 Å². The first kappa shape index (κ1) is 18.1. The van der Waals surface area contributed by atoms with E-state index in [1.165, 1.54) is 0 Å². The van der Waals surface area contributed by atoms with Crippen LogP contribution in [0.4, 0.5) is 4.79 Å². The summed E-state index contributed by atoms with van der Waals surface area (Å²) < 4.78 is 21.7. The Morgan fingerprint density at radius 1 is 1.14 bits per heavy atom. The molecule has 0 radical (unpaired) electrons. The van der Waals surface area contributed by atoms with E-state index in [1.807, 2.05) is 0 Å². The Labute approximate surface area is 123 Å². The van der Waals surface area contributed by atoms with Crippen LogP contribution in [0.3, 0.4) is 0 Å². The first-order valence-electron chi connectivity index (χ1n) is 6.61. The molecule has 21 heavy (non-hydrogen) atoms. The molecule has 3 amide bonds. The molecule has 1 heterocycles. The minimum atomic E-state index is -3.72. The fourth-order valence-electron chi connectivity index (χ4n) is 1.60. The fraction of sp³-hybridized carbons (Fsp3) is 0.818. The Morgan fingerprint density at radius 2 is 1.67 bits per heavy atom. The summed E-state index contributed by atoms with van der Waals surface area (Å²) in [6.45, 7) is 6.65. The number of hydrogen-bond donors (Lipinski definition) is 1. The normalized spacial score (nSPS) is 18.2. The lowest BCUT2D eigenvalue weighted by Crippen LogP contribution is -2.40. The van der Waals surface area contributed by atoms with Gasteiger partial charge in [0.15, 0.2) is 0 Å². The van der Waals surface area contributed by atoms with E-state index in [0.29, 0.717) is 0 Å². The molecule has 0 bridgehead atoms. The summed E-state index contributed by atoms with van der Waals surface area (Å²) in [5.74, 6) is -0.410. The third-order valence-corrected chi connectivity index (χ3v) is 4.02. The van der Waals surface area contributed by atoms with Gasteiger partial charge in [0.05, 0.1) is 19.4 Å². The van der Waals surface area contributed by atoms with Gasteiger partial charge in [-0.3, -0.25) is 14.3 Å². The molecule has 1 aliphatic heterocycles. The molecule has 9 nitrogen and oxygen atoms in total. The summed E-state index contributed by atoms with van der Waals surface area (Å²) in [6.07, 6.45) is -0.234. The van der Waals surface area contributed by atoms with Crippen molar-refractivity contribution in [2.24, 2.45) is 0 Å². The summed E-state index contributed by atoms with van der Waals surface area (Å²) in [4.78, 5) is 33.9. The average Bonchev–Trinajstić information content (AvgIpc) is 2.61. The topological polar surface area (TPSA) is 103 Å². The molecule has 0 aromatic heterocycles. The molecule has 1 fully saturated rings. The van der Waals surface area contributed by atoms with Crippen molar-refractivity contribution in [2.45, 2.75) is 33.2 Å². The van der Waals surface area contributed by atoms with Crippen molar-refractivity contribution in [3.63, 3.8) is 0 Å². The van der Waals surface area contributed by atoms with Crippen molar-refractivity contribution < 1.29 is 33.3 Å². The van der Waals surface area contributed by atoms with Gasteiger partial charge in [0.25, 0.3) is 5.91 Å². The van der Waals surface area contributed by atoms with E-state index in [9.17, 15) is 14.2 Å². The number of carbonyl (C=O) groups is 2. The van der Waals surface area contributed by atoms with E-state index in [1.54, 1.807) is 27.7 Å². The van der Waals surface area contributed by atoms with E-state index in [-0.39, 0.29) is 25.9 Å². The Kier molecular flexibility index (Phi) is 6.30. The van der Waals surface area contributed by atoms with Crippen molar-refractivity contribution >= 4 is 19.5 Å². The largest absolute Gasteiger partial charge is 0.386 e. The molecule has 122 valence electrons. The summed E-state index contributed by atoms with van der Waals surface area (Å²) in [5, 5.41) is 2.52. The zero-order valence-electron chi connectivity index (χ0n) is 12.6. The van der Waals surface area contributed by atoms with E-state index in [0.717, 1.165) is 4.90 Å². The quantitative estimate of drug-likeness (QED) is 0.296. The van der Waals surface area contributed by atoms with Crippen molar-refractivity contribution in [1.29, 1.82) is 0 Å². The highest BCUT2D eigenvalue weighted by Gasteiger charge is 2.45. The highest BCUT2D eigenvalue weighted by atomic mass is 31.2. The molecule has 1 N–H and O–H groups in total. The minimum absolute atomic E-state index is 0.133. The number of urea groups is 1. The summed E-state index contributed by atoms with van der Waals surface area (Å²) in [5.41, 5.74) is -0.984. The molecule has 0 atom stereocenters. The number of rotatable bonds is 9. The first-order valence-corrected chi connectivity index (χ1v) is 8.34. The third-order valence-electron chi connectivity index (χ3n) is 2.61. The van der Waals surface area contributed by atoms with Gasteiger partial charge < -0.3 is 5.32 Å². The predicted octanol–water partition coefficient (Wildman–Crippen LogP) is 1.45. The molecule has 1 aliphatic rings. The number of carbonyl (C=O) groups excluding carboxylic acids is 2. The van der Waals surface area contributed by atoms with Crippen molar-refractivity contribution in [3.05, 3.63) is 0 Å². The SMILES string of the molecule is CCOOP(=O)(CCN1C(=O)NC(C)(C)C1=O)OOCC. The molecule has 0 aliphatic carbocycles. The predicted molar refractivity (Wildman–Crippen MR) is 72.2 cm³/mol. The van der Waals surface area contributed by atoms with E-state index in [4.69, 9.17) is 9.35 Å². The lowest BCUT2D eigenvalue weighted by Gasteiger charge is -2.19. The molecule has 0 saturated carbocycles. The van der Waals surface area contributed by atoms with Crippen LogP contribution in [0.1, 0.15) is 27.7 Å². The van der Waals surface area contributed by atoms with Crippen LogP contribution in [0.2, 0.25) is 0 Å². The Balaban J connectivity index is 2.66. The summed E-state index contributed by atoms with van der Waals surface area (Å²) >= 11 is 0. The second-order valence-corrected chi connectivity index (χ2v) is 6.78. The number of imide groups is 1. The second kappa shape index (κ2) is 7.33. The maximum Gasteiger partial charge on any atom is 0.386 e. The van der Waals surface area contributed by atoms with Crippen LogP contribution in [0, 0.1) is 0 Å². The highest BCUT2D eigenvalue weighted by Crippen LogP contribution is 2.48. The molecule has 0 spiro atoms. The number of amides is 3. The molecule has 10 heteroatoms. The second-order valence-electron chi connectivity index (χ2n) is 4.81. The van der Waals surface area contributed by atoms with E-state index in [2.05, 4.69) is 15.1 Å². The smallest absolute Gasteiger partial charge is 0.324 e. The van der Waals surface area contributed by atoms with Gasteiger partial charge in [-0.25, -0.2) is 14.6 Å². The molecule has 1 rings (SSSR count). The van der Waals surface area contributed by atoms with Crippen LogP contribution in [-0.4, -0.2) is 48.3 Å². The van der Waals surface area contributed by atoms with Crippen molar-refractivity contribution in [2.75, 3.05) is 25.9 Å². The van der Waals surface area contributed by atoms with Crippen LogP contribution in [0.5, 0.6) is 0 Å². The first-order chi connectivity index (χ1) is 9.75. The number of nitrogens with zero attached hydrogens (tertiary/aromatic N) is 1. The molecule has 0 unspecified atom stereocenters. The van der Waals surface area contributed by atoms with Crippen molar-refractivity contribution in [3.8, 4) is 0 Å². The Morgan fingerprint density at radius 3 is 2.05 bits per heavy atom. The standard InChI is InChI=1S/C11H21N2O7P/c1-5-17-19-21(16,20-18-6-2)8-7-13-9(14)11(3,4)12-10(13)15/h5-8H2,1-4H3,(H,12,15). The average molecular weight is 324 g/mol. The maximum atomic E-state index is 12.3. The van der Waals surface area contributed by atoms with Gasteiger partial charge in [0.2, 0.25) is 0 Å². The minimum Gasteiger partial charge on any atom is -0.324 e. The van der Waals surface area contributed by atoms with Crippen LogP contribution in [0.15, 0.2) is 0 Å². The highest BCUT2D eigenvalue weighted by molar-refractivity contribution is 7.53. The van der Waals surface area contributed by atoms with E-state index < -0.39 is 25.1 Å². The number of nitrogens with one attached hydrogen (secondary N) is 1. The third kappa shape index (κ3) is 4.76. The van der Waals surface area contributed by atoms with Gasteiger partial charge >= 0.3 is 13.6 Å². The van der Waals surface area contributed by atoms with Crippen LogP contribution < -0.4 is 5.32 Å². The van der Waals surface area contributed by atoms with Gasteiger partial charge in [-0.15, -0.1) is 9.35 Å². The lowest BCUT2D eigenvalue weighted by atomic mass is 10.1. The molecule has 0 aromatic carbocycles. The van der Waals surface area contributed by atoms with E-state index >= 15 is 0 Å². The summed E-state index contributed by atoms with van der Waals surface area (Å²) in [7, 11) is -3.72. The maximum absolute atomic E-state index is 12.3. The molecule has 1 saturated heterocycles.